The summed E-state index contributed by atoms with van der Waals surface area (Å²) in [6.07, 6.45) is 4.87. The van der Waals surface area contributed by atoms with Crippen molar-refractivity contribution in [2.45, 2.75) is 89.5 Å². The Morgan fingerprint density at radius 3 is 2.21 bits per heavy atom. The maximum Gasteiger partial charge on any atom is 0.410 e. The quantitative estimate of drug-likeness (QED) is 0.718. The van der Waals surface area contributed by atoms with Crippen molar-refractivity contribution in [2.24, 2.45) is 0 Å². The molecule has 0 aromatic carbocycles. The summed E-state index contributed by atoms with van der Waals surface area (Å²) < 4.78 is 20.6. The number of carbonyl (C=O) groups excluding carboxylic acids is 1. The molecule has 0 radical (unpaired) electrons. The lowest BCUT2D eigenvalue weighted by Crippen LogP contribution is -2.55. The van der Waals surface area contributed by atoms with Gasteiger partial charge in [-0.1, -0.05) is 0 Å². The van der Waals surface area contributed by atoms with Gasteiger partial charge in [0, 0.05) is 19.6 Å². The molecule has 2 unspecified atom stereocenters. The number of nitrogens with zero attached hydrogens (tertiary/aromatic N) is 2. The Labute approximate surface area is 149 Å². The fourth-order valence-corrected chi connectivity index (χ4v) is 5.21. The average molecular weight is 359 g/mol. The van der Waals surface area contributed by atoms with Gasteiger partial charge in [0.2, 0.25) is 0 Å². The number of ether oxygens (including phenoxy) is 1. The van der Waals surface area contributed by atoms with Crippen molar-refractivity contribution < 1.29 is 13.7 Å². The zero-order valence-corrected chi connectivity index (χ0v) is 17.0. The van der Waals surface area contributed by atoms with Crippen LogP contribution in [0.3, 0.4) is 0 Å². The molecule has 0 aromatic rings. The summed E-state index contributed by atoms with van der Waals surface area (Å²) in [6, 6.07) is 0. The van der Waals surface area contributed by atoms with Crippen molar-refractivity contribution in [3.05, 3.63) is 0 Å². The van der Waals surface area contributed by atoms with Crippen LogP contribution in [0.25, 0.3) is 0 Å². The molecule has 140 valence electrons. The highest BCUT2D eigenvalue weighted by molar-refractivity contribution is 7.84. The van der Waals surface area contributed by atoms with E-state index < -0.39 is 16.6 Å². The van der Waals surface area contributed by atoms with Crippen molar-refractivity contribution in [1.82, 2.24) is 9.21 Å². The van der Waals surface area contributed by atoms with Gasteiger partial charge in [-0.3, -0.25) is 0 Å². The Morgan fingerprint density at radius 2 is 1.62 bits per heavy atom. The first-order valence-corrected chi connectivity index (χ1v) is 10.2. The predicted octanol–water partition coefficient (Wildman–Crippen LogP) is 3.70. The Bertz CT molecular complexity index is 495. The molecule has 2 heterocycles. The topological polar surface area (TPSA) is 49.9 Å². The Morgan fingerprint density at radius 1 is 1.00 bits per heavy atom. The SMILES string of the molecule is CC(C)(C)OC(=O)N1CCCCC2(CCCN2S(=O)C(C)(C)C)C1. The van der Waals surface area contributed by atoms with Crippen LogP contribution in [-0.4, -0.2) is 55.0 Å². The molecule has 0 aliphatic carbocycles. The Balaban J connectivity index is 2.21. The van der Waals surface area contributed by atoms with Crippen LogP contribution in [0, 0.1) is 0 Å². The van der Waals surface area contributed by atoms with E-state index in [0.29, 0.717) is 6.54 Å². The van der Waals surface area contributed by atoms with E-state index in [1.165, 1.54) is 0 Å². The molecule has 2 atom stereocenters. The third-order valence-corrected chi connectivity index (χ3v) is 6.73. The second kappa shape index (κ2) is 6.94. The fraction of sp³-hybridized carbons (Fsp3) is 0.944. The first-order valence-electron chi connectivity index (χ1n) is 9.12. The third kappa shape index (κ3) is 4.51. The molecule has 6 heteroatoms. The van der Waals surface area contributed by atoms with Crippen LogP contribution in [0.4, 0.5) is 4.79 Å². The maximum absolute atomic E-state index is 13.1. The molecule has 2 fully saturated rings. The summed E-state index contributed by atoms with van der Waals surface area (Å²) in [7, 11) is -1.05. The van der Waals surface area contributed by atoms with E-state index in [1.54, 1.807) is 0 Å². The molecule has 24 heavy (non-hydrogen) atoms. The van der Waals surface area contributed by atoms with Gasteiger partial charge >= 0.3 is 6.09 Å². The zero-order chi connectivity index (χ0) is 18.2. The Kier molecular flexibility index (Phi) is 5.70. The number of hydrogen-bond acceptors (Lipinski definition) is 3. The van der Waals surface area contributed by atoms with E-state index in [1.807, 2.05) is 46.4 Å². The molecule has 0 N–H and O–H groups in total. The molecule has 2 aliphatic heterocycles. The smallest absolute Gasteiger partial charge is 0.410 e. The average Bonchev–Trinajstić information content (AvgIpc) is 2.67. The van der Waals surface area contributed by atoms with E-state index in [2.05, 4.69) is 4.31 Å². The van der Waals surface area contributed by atoms with Crippen LogP contribution in [-0.2, 0) is 15.7 Å². The van der Waals surface area contributed by atoms with Crippen molar-refractivity contribution in [2.75, 3.05) is 19.6 Å². The molecule has 0 saturated carbocycles. The summed E-state index contributed by atoms with van der Waals surface area (Å²) in [5.41, 5.74) is -0.647. The number of rotatable bonds is 1. The lowest BCUT2D eigenvalue weighted by Gasteiger charge is -2.42. The van der Waals surface area contributed by atoms with Gasteiger partial charge in [0.05, 0.1) is 10.3 Å². The van der Waals surface area contributed by atoms with Crippen molar-refractivity contribution in [3.8, 4) is 0 Å². The molecule has 1 amide bonds. The lowest BCUT2D eigenvalue weighted by molar-refractivity contribution is 0.0186. The minimum atomic E-state index is -1.05. The minimum absolute atomic E-state index is 0.161. The summed E-state index contributed by atoms with van der Waals surface area (Å²) in [5, 5.41) is 0. The van der Waals surface area contributed by atoms with Crippen LogP contribution >= 0.6 is 0 Å². The molecule has 5 nitrogen and oxygen atoms in total. The minimum Gasteiger partial charge on any atom is -0.444 e. The van der Waals surface area contributed by atoms with Gasteiger partial charge in [-0.25, -0.2) is 13.3 Å². The monoisotopic (exact) mass is 358 g/mol. The lowest BCUT2D eigenvalue weighted by atomic mass is 9.92. The van der Waals surface area contributed by atoms with Gasteiger partial charge in [-0.05, 0) is 73.6 Å². The first-order chi connectivity index (χ1) is 10.9. The van der Waals surface area contributed by atoms with Gasteiger partial charge in [0.1, 0.15) is 16.6 Å². The molecule has 0 bridgehead atoms. The molecule has 1 spiro atoms. The fourth-order valence-electron chi connectivity index (χ4n) is 3.66. The van der Waals surface area contributed by atoms with Crippen molar-refractivity contribution >= 4 is 17.1 Å². The van der Waals surface area contributed by atoms with E-state index >= 15 is 0 Å². The standard InChI is InChI=1S/C18H34N2O3S/c1-16(2,3)23-15(21)19-12-8-7-10-18(14-19)11-9-13-20(18)24(22)17(4,5)6/h7-14H2,1-6H3. The van der Waals surface area contributed by atoms with E-state index in [0.717, 1.165) is 45.2 Å². The first kappa shape index (κ1) is 19.7. The van der Waals surface area contributed by atoms with Gasteiger partial charge in [-0.15, -0.1) is 0 Å². The van der Waals surface area contributed by atoms with Gasteiger partial charge < -0.3 is 9.64 Å². The van der Waals surface area contributed by atoms with E-state index in [4.69, 9.17) is 4.74 Å². The van der Waals surface area contributed by atoms with Crippen molar-refractivity contribution in [1.29, 1.82) is 0 Å². The zero-order valence-electron chi connectivity index (χ0n) is 16.2. The normalized spacial score (nSPS) is 28.0. The van der Waals surface area contributed by atoms with Gasteiger partial charge in [0.15, 0.2) is 0 Å². The van der Waals surface area contributed by atoms with Crippen LogP contribution in [0.15, 0.2) is 0 Å². The van der Waals surface area contributed by atoms with Crippen LogP contribution in [0.5, 0.6) is 0 Å². The largest absolute Gasteiger partial charge is 0.444 e. The third-order valence-electron chi connectivity index (χ3n) is 4.71. The second-order valence-corrected chi connectivity index (χ2v) is 11.3. The van der Waals surface area contributed by atoms with Gasteiger partial charge in [0.25, 0.3) is 0 Å². The van der Waals surface area contributed by atoms with Crippen LogP contribution in [0.1, 0.15) is 73.6 Å². The molecule has 2 aliphatic rings. The summed E-state index contributed by atoms with van der Waals surface area (Å²) in [6.45, 7) is 14.0. The van der Waals surface area contributed by atoms with E-state index in [-0.39, 0.29) is 16.4 Å². The van der Waals surface area contributed by atoms with E-state index in [9.17, 15) is 9.00 Å². The molecular formula is C18H34N2O3S. The van der Waals surface area contributed by atoms with Crippen LogP contribution < -0.4 is 0 Å². The second-order valence-electron chi connectivity index (χ2n) is 9.15. The number of hydrogen-bond donors (Lipinski definition) is 0. The summed E-state index contributed by atoms with van der Waals surface area (Å²) in [5.74, 6) is 0. The number of carbonyl (C=O) groups is 1. The highest BCUT2D eigenvalue weighted by atomic mass is 32.2. The molecule has 2 rings (SSSR count). The molecule has 0 aromatic heterocycles. The van der Waals surface area contributed by atoms with Crippen LogP contribution in [0.2, 0.25) is 0 Å². The summed E-state index contributed by atoms with van der Waals surface area (Å²) >= 11 is 0. The number of likely N-dealkylation sites (tertiary alicyclic amines) is 1. The highest BCUT2D eigenvalue weighted by Crippen LogP contribution is 2.40. The predicted molar refractivity (Wildman–Crippen MR) is 98.2 cm³/mol. The highest BCUT2D eigenvalue weighted by Gasteiger charge is 2.48. The number of amides is 1. The van der Waals surface area contributed by atoms with Crippen molar-refractivity contribution in [3.63, 3.8) is 0 Å². The molecule has 2 saturated heterocycles. The van der Waals surface area contributed by atoms with Gasteiger partial charge in [-0.2, -0.15) is 0 Å². The summed E-state index contributed by atoms with van der Waals surface area (Å²) in [4.78, 5) is 14.4. The Hall–Kier alpha value is -0.620. The molecular weight excluding hydrogens is 324 g/mol. The maximum atomic E-state index is 13.1.